The zero-order chi connectivity index (χ0) is 21.3. The Morgan fingerprint density at radius 3 is 2.67 bits per heavy atom. The third-order valence-electron chi connectivity index (χ3n) is 5.33. The van der Waals surface area contributed by atoms with Gasteiger partial charge in [-0.15, -0.1) is 0 Å². The lowest BCUT2D eigenvalue weighted by Crippen LogP contribution is -3.09. The monoisotopic (exact) mass is 422 g/mol. The van der Waals surface area contributed by atoms with Crippen LogP contribution in [-0.2, 0) is 13.2 Å². The maximum absolute atomic E-state index is 12.3. The van der Waals surface area contributed by atoms with Crippen LogP contribution in [0.1, 0.15) is 23.9 Å². The van der Waals surface area contributed by atoms with Crippen LogP contribution in [0, 0.1) is 18.6 Å². The fourth-order valence-corrected chi connectivity index (χ4v) is 3.60. The van der Waals surface area contributed by atoms with E-state index in [0.717, 1.165) is 17.1 Å². The van der Waals surface area contributed by atoms with Crippen molar-refractivity contribution in [3.63, 3.8) is 0 Å². The second kappa shape index (κ2) is 8.29. The first kappa shape index (κ1) is 20.1. The van der Waals surface area contributed by atoms with Crippen molar-refractivity contribution in [2.45, 2.75) is 34.0 Å². The largest absolute Gasteiger partial charge is 0.310 e. The van der Waals surface area contributed by atoms with Gasteiger partial charge in [0.25, 0.3) is 5.56 Å². The highest BCUT2D eigenvalue weighted by Crippen LogP contribution is 2.13. The van der Waals surface area contributed by atoms with Crippen molar-refractivity contribution in [2.24, 2.45) is 0 Å². The molecule has 4 rings (SSSR count). The van der Waals surface area contributed by atoms with Crippen molar-refractivity contribution in [3.05, 3.63) is 74.5 Å². The summed E-state index contributed by atoms with van der Waals surface area (Å²) in [7, 11) is 0. The number of hydrogen-bond acceptors (Lipinski definition) is 5. The van der Waals surface area contributed by atoms with Gasteiger partial charge in [-0.1, -0.05) is 18.2 Å². The highest BCUT2D eigenvalue weighted by molar-refractivity contribution is 7.71. The van der Waals surface area contributed by atoms with Crippen molar-refractivity contribution in [1.29, 1.82) is 0 Å². The van der Waals surface area contributed by atoms with E-state index in [1.165, 1.54) is 11.1 Å². The molecular formula is C21H24N7OS+. The minimum absolute atomic E-state index is 0.122. The summed E-state index contributed by atoms with van der Waals surface area (Å²) in [5.74, 6) is 0.642. The van der Waals surface area contributed by atoms with Gasteiger partial charge in [-0.05, 0) is 78.8 Å². The van der Waals surface area contributed by atoms with E-state index in [-0.39, 0.29) is 5.56 Å². The molecule has 1 unspecified atom stereocenters. The molecule has 154 valence electrons. The summed E-state index contributed by atoms with van der Waals surface area (Å²) in [5.41, 5.74) is 3.87. The molecule has 0 fully saturated rings. The molecule has 1 atom stereocenters. The zero-order valence-electron chi connectivity index (χ0n) is 17.2. The van der Waals surface area contributed by atoms with Crippen LogP contribution in [0.25, 0.3) is 16.6 Å². The molecule has 2 N–H and O–H groups in total. The van der Waals surface area contributed by atoms with Crippen LogP contribution in [-0.4, -0.2) is 36.3 Å². The number of H-pyrrole nitrogens is 1. The number of aryl methyl sites for hydroxylation is 2. The highest BCUT2D eigenvalue weighted by atomic mass is 32.1. The molecule has 9 heteroatoms. The van der Waals surface area contributed by atoms with Crippen LogP contribution >= 0.6 is 12.2 Å². The summed E-state index contributed by atoms with van der Waals surface area (Å²) in [6.07, 6.45) is 0. The van der Waals surface area contributed by atoms with E-state index >= 15 is 0 Å². The van der Waals surface area contributed by atoms with Crippen molar-refractivity contribution >= 4 is 23.1 Å². The van der Waals surface area contributed by atoms with Crippen molar-refractivity contribution < 1.29 is 4.90 Å². The second-order valence-corrected chi connectivity index (χ2v) is 7.77. The van der Waals surface area contributed by atoms with Gasteiger partial charge in [0.15, 0.2) is 12.5 Å². The maximum Gasteiger partial charge on any atom is 0.258 e. The number of rotatable bonds is 6. The topological polar surface area (TPSA) is 85.8 Å². The quantitative estimate of drug-likeness (QED) is 0.462. The Kier molecular flexibility index (Phi) is 5.56. The van der Waals surface area contributed by atoms with E-state index in [0.29, 0.717) is 34.7 Å². The third kappa shape index (κ3) is 3.94. The summed E-state index contributed by atoms with van der Waals surface area (Å²) in [6.45, 7) is 8.10. The Morgan fingerprint density at radius 2 is 1.90 bits per heavy atom. The molecule has 2 aromatic carbocycles. The number of aromatic amines is 1. The van der Waals surface area contributed by atoms with Gasteiger partial charge in [0.05, 0.1) is 23.1 Å². The van der Waals surface area contributed by atoms with Crippen molar-refractivity contribution in [3.8, 4) is 5.69 Å². The number of hydrogen-bond donors (Lipinski definition) is 2. The molecule has 30 heavy (non-hydrogen) atoms. The molecule has 8 nitrogen and oxygen atoms in total. The minimum atomic E-state index is -0.122. The first-order chi connectivity index (χ1) is 14.5. The highest BCUT2D eigenvalue weighted by Gasteiger charge is 2.15. The standard InChI is InChI=1S/C21H23N7OS/c1-4-26(12-19-22-18-8-6-5-7-17(18)20(29)23-19)13-27-21(30)28(25-24-27)16-10-9-14(2)15(3)11-16/h5-11H,4,12-13H2,1-3H3,(H,22,23,29)/p+1. The van der Waals surface area contributed by atoms with Crippen LogP contribution in [0.4, 0.5) is 0 Å². The summed E-state index contributed by atoms with van der Waals surface area (Å²) in [6, 6.07) is 13.4. The molecule has 0 spiro atoms. The molecule has 4 aromatic rings. The van der Waals surface area contributed by atoms with Crippen molar-refractivity contribution in [2.75, 3.05) is 6.54 Å². The van der Waals surface area contributed by atoms with E-state index < -0.39 is 0 Å². The summed E-state index contributed by atoms with van der Waals surface area (Å²) >= 11 is 5.61. The van der Waals surface area contributed by atoms with Gasteiger partial charge in [-0.3, -0.25) is 4.79 Å². The number of tetrazole rings is 1. The Hall–Kier alpha value is -3.17. The minimum Gasteiger partial charge on any atom is -0.310 e. The summed E-state index contributed by atoms with van der Waals surface area (Å²) in [5, 5.41) is 9.09. The zero-order valence-corrected chi connectivity index (χ0v) is 18.0. The lowest BCUT2D eigenvalue weighted by Gasteiger charge is -2.16. The number of quaternary nitrogens is 1. The van der Waals surface area contributed by atoms with E-state index in [9.17, 15) is 4.79 Å². The average Bonchev–Trinajstić information content (AvgIpc) is 3.10. The van der Waals surface area contributed by atoms with Crippen LogP contribution in [0.2, 0.25) is 0 Å². The van der Waals surface area contributed by atoms with Gasteiger partial charge < -0.3 is 9.88 Å². The number of aromatic nitrogens is 6. The first-order valence-corrected chi connectivity index (χ1v) is 10.3. The predicted molar refractivity (Wildman–Crippen MR) is 117 cm³/mol. The number of nitrogens with zero attached hydrogens (tertiary/aromatic N) is 5. The molecule has 0 radical (unpaired) electrons. The summed E-state index contributed by atoms with van der Waals surface area (Å²) in [4.78, 5) is 21.0. The lowest BCUT2D eigenvalue weighted by atomic mass is 10.1. The van der Waals surface area contributed by atoms with E-state index in [4.69, 9.17) is 12.2 Å². The smallest absolute Gasteiger partial charge is 0.258 e. The average molecular weight is 423 g/mol. The Balaban J connectivity index is 1.57. The van der Waals surface area contributed by atoms with Gasteiger partial charge in [-0.25, -0.2) is 4.98 Å². The number of nitrogens with one attached hydrogen (secondary N) is 2. The molecule has 2 aromatic heterocycles. The molecule has 0 saturated heterocycles. The maximum atomic E-state index is 12.3. The van der Waals surface area contributed by atoms with Crippen LogP contribution in [0.3, 0.4) is 0 Å². The van der Waals surface area contributed by atoms with Gasteiger partial charge in [0, 0.05) is 0 Å². The van der Waals surface area contributed by atoms with Gasteiger partial charge in [-0.2, -0.15) is 9.36 Å². The van der Waals surface area contributed by atoms with Gasteiger partial charge >= 0.3 is 0 Å². The van der Waals surface area contributed by atoms with E-state index in [1.807, 2.05) is 24.3 Å². The van der Waals surface area contributed by atoms with Crippen LogP contribution < -0.4 is 10.5 Å². The molecule has 0 saturated carbocycles. The predicted octanol–water partition coefficient (Wildman–Crippen LogP) is 1.71. The Bertz CT molecular complexity index is 1320. The van der Waals surface area contributed by atoms with Gasteiger partial charge in [0.2, 0.25) is 4.77 Å². The molecule has 0 aliphatic rings. The van der Waals surface area contributed by atoms with Crippen LogP contribution in [0.5, 0.6) is 0 Å². The second-order valence-electron chi connectivity index (χ2n) is 7.41. The molecule has 0 bridgehead atoms. The SMILES string of the molecule is CC[NH+](Cc1nc2ccccc2c(=O)[nH]1)Cn1nnn(-c2ccc(C)c(C)c2)c1=S. The molecule has 0 aliphatic carbocycles. The Morgan fingerprint density at radius 1 is 1.10 bits per heavy atom. The van der Waals surface area contributed by atoms with E-state index in [1.54, 1.807) is 15.4 Å². The van der Waals surface area contributed by atoms with E-state index in [2.05, 4.69) is 53.3 Å². The number of fused-ring (bicyclic) bond motifs is 1. The fourth-order valence-electron chi connectivity index (χ4n) is 3.35. The molecule has 0 amide bonds. The van der Waals surface area contributed by atoms with Gasteiger partial charge in [0.1, 0.15) is 6.54 Å². The first-order valence-electron chi connectivity index (χ1n) is 9.88. The normalized spacial score (nSPS) is 12.4. The fraction of sp³-hybridized carbons (Fsp3) is 0.286. The van der Waals surface area contributed by atoms with Crippen LogP contribution in [0.15, 0.2) is 47.3 Å². The Labute approximate surface area is 178 Å². The molecular weight excluding hydrogens is 398 g/mol. The number of para-hydroxylation sites is 1. The molecule has 0 aliphatic heterocycles. The third-order valence-corrected chi connectivity index (χ3v) is 5.71. The van der Waals surface area contributed by atoms with Crippen molar-refractivity contribution in [1.82, 2.24) is 29.8 Å². The lowest BCUT2D eigenvalue weighted by molar-refractivity contribution is -0.936. The molecule has 2 heterocycles. The summed E-state index contributed by atoms with van der Waals surface area (Å²) < 4.78 is 3.91. The number of benzene rings is 2.